The molecule has 0 fully saturated rings. The molecule has 0 bridgehead atoms. The van der Waals surface area contributed by atoms with Gasteiger partial charge in [0.1, 0.15) is 0 Å². The number of anilines is 2. The van der Waals surface area contributed by atoms with E-state index in [-0.39, 0.29) is 0 Å². The zero-order valence-corrected chi connectivity index (χ0v) is 7.70. The summed E-state index contributed by atoms with van der Waals surface area (Å²) in [4.78, 5) is 7.03. The first kappa shape index (κ1) is 8.77. The van der Waals surface area contributed by atoms with E-state index < -0.39 is 0 Å². The maximum Gasteiger partial charge on any atom is 0.204 e. The van der Waals surface area contributed by atoms with Gasteiger partial charge in [-0.3, -0.25) is 0 Å². The number of H-pyrrole nitrogens is 1. The van der Waals surface area contributed by atoms with Crippen molar-refractivity contribution in [2.75, 3.05) is 5.32 Å². The van der Waals surface area contributed by atoms with Gasteiger partial charge in [0.15, 0.2) is 0 Å². The Bertz CT molecular complexity index is 377. The fourth-order valence-electron chi connectivity index (χ4n) is 1.19. The Balaban J connectivity index is 2.10. The Morgan fingerprint density at radius 1 is 1.29 bits per heavy atom. The molecule has 72 valence electrons. The van der Waals surface area contributed by atoms with Crippen molar-refractivity contribution in [2.45, 2.75) is 6.54 Å². The van der Waals surface area contributed by atoms with Gasteiger partial charge in [0.05, 0.1) is 0 Å². The minimum Gasteiger partial charge on any atom is -0.331 e. The van der Waals surface area contributed by atoms with E-state index >= 15 is 0 Å². The number of nitrogens with one attached hydrogen (secondary N) is 2. The molecule has 0 atom stereocenters. The molecule has 2 rings (SSSR count). The summed E-state index contributed by atoms with van der Waals surface area (Å²) in [5, 5.41) is 3.13. The lowest BCUT2D eigenvalue weighted by Crippen LogP contribution is -1.96. The van der Waals surface area contributed by atoms with E-state index in [1.165, 1.54) is 0 Å². The number of hydrogen-bond donors (Lipinski definition) is 3. The van der Waals surface area contributed by atoms with Crippen LogP contribution in [-0.4, -0.2) is 9.97 Å². The number of aromatic nitrogens is 2. The Morgan fingerprint density at radius 2 is 2.07 bits per heavy atom. The lowest BCUT2D eigenvalue weighted by Gasteiger charge is -2.03. The number of rotatable bonds is 3. The predicted molar refractivity (Wildman–Crippen MR) is 56.2 cm³/mol. The normalized spacial score (nSPS) is 10.1. The Hall–Kier alpha value is -1.81. The summed E-state index contributed by atoms with van der Waals surface area (Å²) in [6, 6.07) is 7.94. The molecule has 0 saturated carbocycles. The van der Waals surface area contributed by atoms with Crippen molar-refractivity contribution in [1.82, 2.24) is 9.97 Å². The van der Waals surface area contributed by atoms with Crippen LogP contribution in [0.3, 0.4) is 0 Å². The molecule has 1 aromatic heterocycles. The molecule has 0 amide bonds. The van der Waals surface area contributed by atoms with E-state index in [2.05, 4.69) is 15.3 Å². The summed E-state index contributed by atoms with van der Waals surface area (Å²) in [6.45, 7) is 0.570. The van der Waals surface area contributed by atoms with Gasteiger partial charge in [-0.15, -0.1) is 0 Å². The average Bonchev–Trinajstić information content (AvgIpc) is 2.72. The highest BCUT2D eigenvalue weighted by Crippen LogP contribution is 2.12. The quantitative estimate of drug-likeness (QED) is 0.685. The van der Waals surface area contributed by atoms with Crippen LogP contribution in [-0.2, 0) is 6.54 Å². The molecule has 1 aromatic carbocycles. The van der Waals surface area contributed by atoms with Crippen LogP contribution in [0.15, 0.2) is 36.7 Å². The molecule has 4 nitrogen and oxygen atoms in total. The SMILES string of the molecule is NCc1ccc(Nc2ncc[nH]2)cc1. The van der Waals surface area contributed by atoms with Crippen LogP contribution in [0, 0.1) is 0 Å². The van der Waals surface area contributed by atoms with Crippen LogP contribution in [0.5, 0.6) is 0 Å². The highest BCUT2D eigenvalue weighted by atomic mass is 15.1. The number of nitrogens with two attached hydrogens (primary N) is 1. The Morgan fingerprint density at radius 3 is 2.64 bits per heavy atom. The molecule has 4 N–H and O–H groups in total. The molecule has 0 radical (unpaired) electrons. The molecule has 0 aliphatic heterocycles. The minimum absolute atomic E-state index is 0.570. The molecule has 0 aliphatic rings. The molecule has 4 heteroatoms. The molecule has 0 saturated heterocycles. The van der Waals surface area contributed by atoms with Gasteiger partial charge in [-0.1, -0.05) is 12.1 Å². The molecular weight excluding hydrogens is 176 g/mol. The van der Waals surface area contributed by atoms with Crippen molar-refractivity contribution >= 4 is 11.6 Å². The number of imidazole rings is 1. The van der Waals surface area contributed by atoms with E-state index in [0.717, 1.165) is 17.2 Å². The minimum atomic E-state index is 0.570. The van der Waals surface area contributed by atoms with Crippen LogP contribution < -0.4 is 11.1 Å². The van der Waals surface area contributed by atoms with Crippen molar-refractivity contribution in [1.29, 1.82) is 0 Å². The summed E-state index contributed by atoms with van der Waals surface area (Å²) in [6.07, 6.45) is 3.48. The average molecular weight is 188 g/mol. The molecule has 0 aliphatic carbocycles. The molecular formula is C10H12N4. The van der Waals surface area contributed by atoms with Gasteiger partial charge in [-0.05, 0) is 17.7 Å². The van der Waals surface area contributed by atoms with Gasteiger partial charge in [-0.2, -0.15) is 0 Å². The standard InChI is InChI=1S/C10H12N4/c11-7-8-1-3-9(4-2-8)14-10-12-5-6-13-10/h1-6H,7,11H2,(H2,12,13,14). The second-order valence-electron chi connectivity index (χ2n) is 2.96. The van der Waals surface area contributed by atoms with E-state index in [1.807, 2.05) is 24.3 Å². The third-order valence-corrected chi connectivity index (χ3v) is 1.95. The second-order valence-corrected chi connectivity index (χ2v) is 2.96. The van der Waals surface area contributed by atoms with Gasteiger partial charge < -0.3 is 16.0 Å². The third-order valence-electron chi connectivity index (χ3n) is 1.95. The Kier molecular flexibility index (Phi) is 2.46. The van der Waals surface area contributed by atoms with Crippen molar-refractivity contribution in [3.05, 3.63) is 42.2 Å². The van der Waals surface area contributed by atoms with Crippen molar-refractivity contribution < 1.29 is 0 Å². The van der Waals surface area contributed by atoms with Crippen molar-refractivity contribution in [3.8, 4) is 0 Å². The van der Waals surface area contributed by atoms with Crippen LogP contribution >= 0.6 is 0 Å². The lowest BCUT2D eigenvalue weighted by molar-refractivity contribution is 1.07. The predicted octanol–water partition coefficient (Wildman–Crippen LogP) is 1.61. The summed E-state index contributed by atoms with van der Waals surface area (Å²) in [7, 11) is 0. The summed E-state index contributed by atoms with van der Waals surface area (Å²) in [5.74, 6) is 0.741. The molecule has 1 heterocycles. The first-order valence-corrected chi connectivity index (χ1v) is 4.44. The van der Waals surface area contributed by atoms with Crippen molar-refractivity contribution in [2.24, 2.45) is 5.73 Å². The topological polar surface area (TPSA) is 66.7 Å². The second kappa shape index (κ2) is 3.93. The zero-order valence-electron chi connectivity index (χ0n) is 7.70. The largest absolute Gasteiger partial charge is 0.331 e. The number of aromatic amines is 1. The molecule has 0 spiro atoms. The molecule has 14 heavy (non-hydrogen) atoms. The first-order valence-electron chi connectivity index (χ1n) is 4.44. The summed E-state index contributed by atoms with van der Waals surface area (Å²) in [5.41, 5.74) is 7.61. The fourth-order valence-corrected chi connectivity index (χ4v) is 1.19. The highest BCUT2D eigenvalue weighted by molar-refractivity contribution is 5.53. The first-order chi connectivity index (χ1) is 6.88. The monoisotopic (exact) mass is 188 g/mol. The maximum atomic E-state index is 5.50. The van der Waals surface area contributed by atoms with E-state index in [4.69, 9.17) is 5.73 Å². The van der Waals surface area contributed by atoms with Crippen LogP contribution in [0.2, 0.25) is 0 Å². The smallest absolute Gasteiger partial charge is 0.204 e. The van der Waals surface area contributed by atoms with Crippen molar-refractivity contribution in [3.63, 3.8) is 0 Å². The highest BCUT2D eigenvalue weighted by Gasteiger charge is 1.95. The maximum absolute atomic E-state index is 5.50. The van der Waals surface area contributed by atoms with Crippen LogP contribution in [0.1, 0.15) is 5.56 Å². The van der Waals surface area contributed by atoms with Gasteiger partial charge in [0.2, 0.25) is 5.95 Å². The van der Waals surface area contributed by atoms with Gasteiger partial charge in [0.25, 0.3) is 0 Å². The third kappa shape index (κ3) is 1.92. The number of nitrogens with zero attached hydrogens (tertiary/aromatic N) is 1. The van der Waals surface area contributed by atoms with E-state index in [9.17, 15) is 0 Å². The Labute approximate surface area is 82.2 Å². The van der Waals surface area contributed by atoms with Gasteiger partial charge in [0, 0.05) is 24.6 Å². The summed E-state index contributed by atoms with van der Waals surface area (Å²) < 4.78 is 0. The van der Waals surface area contributed by atoms with E-state index in [0.29, 0.717) is 6.54 Å². The van der Waals surface area contributed by atoms with Gasteiger partial charge >= 0.3 is 0 Å². The number of benzene rings is 1. The molecule has 0 unspecified atom stereocenters. The molecule has 2 aromatic rings. The van der Waals surface area contributed by atoms with Gasteiger partial charge in [-0.25, -0.2) is 4.98 Å². The van der Waals surface area contributed by atoms with E-state index in [1.54, 1.807) is 12.4 Å². The fraction of sp³-hybridized carbons (Fsp3) is 0.100. The summed E-state index contributed by atoms with van der Waals surface area (Å²) >= 11 is 0. The van der Waals surface area contributed by atoms with Crippen LogP contribution in [0.4, 0.5) is 11.6 Å². The zero-order chi connectivity index (χ0) is 9.80. The van der Waals surface area contributed by atoms with Crippen LogP contribution in [0.25, 0.3) is 0 Å². The number of hydrogen-bond acceptors (Lipinski definition) is 3. The lowest BCUT2D eigenvalue weighted by atomic mass is 10.2.